The number of hydrogen-bond donors (Lipinski definition) is 1. The predicted octanol–water partition coefficient (Wildman–Crippen LogP) is 3.60. The van der Waals surface area contributed by atoms with E-state index in [9.17, 15) is 4.79 Å². The lowest BCUT2D eigenvalue weighted by Gasteiger charge is -2.31. The average molecular weight is 411 g/mol. The highest BCUT2D eigenvalue weighted by molar-refractivity contribution is 5.78. The van der Waals surface area contributed by atoms with Crippen molar-refractivity contribution in [1.82, 2.24) is 10.2 Å². The summed E-state index contributed by atoms with van der Waals surface area (Å²) >= 11 is 0. The Labute approximate surface area is 180 Å². The van der Waals surface area contributed by atoms with Crippen molar-refractivity contribution in [3.8, 4) is 5.75 Å². The van der Waals surface area contributed by atoms with Crippen LogP contribution in [0.3, 0.4) is 0 Å². The molecule has 5 heteroatoms. The van der Waals surface area contributed by atoms with Gasteiger partial charge >= 0.3 is 0 Å². The molecule has 3 rings (SSSR count). The van der Waals surface area contributed by atoms with E-state index in [0.29, 0.717) is 19.7 Å². The van der Waals surface area contributed by atoms with Gasteiger partial charge in [-0.2, -0.15) is 0 Å². The number of nitrogens with one attached hydrogen (secondary N) is 1. The van der Waals surface area contributed by atoms with E-state index in [0.717, 1.165) is 44.5 Å². The summed E-state index contributed by atoms with van der Waals surface area (Å²) in [6.07, 6.45) is 3.63. The molecule has 1 amide bonds. The van der Waals surface area contributed by atoms with E-state index < -0.39 is 0 Å². The second-order valence-corrected chi connectivity index (χ2v) is 8.20. The Hall–Kier alpha value is -2.37. The van der Waals surface area contributed by atoms with Gasteiger partial charge in [-0.05, 0) is 56.8 Å². The van der Waals surface area contributed by atoms with Gasteiger partial charge in [-0.3, -0.25) is 9.69 Å². The summed E-state index contributed by atoms with van der Waals surface area (Å²) in [5, 5.41) is 3.05. The predicted molar refractivity (Wildman–Crippen MR) is 120 cm³/mol. The zero-order valence-corrected chi connectivity index (χ0v) is 18.2. The maximum absolute atomic E-state index is 12.4. The van der Waals surface area contributed by atoms with Crippen LogP contribution in [0.1, 0.15) is 30.4 Å². The summed E-state index contributed by atoms with van der Waals surface area (Å²) in [6, 6.07) is 18.3. The van der Waals surface area contributed by atoms with Crippen molar-refractivity contribution in [2.24, 2.45) is 0 Å². The Balaban J connectivity index is 1.43. The summed E-state index contributed by atoms with van der Waals surface area (Å²) in [5.74, 6) is 0.961. The molecule has 1 heterocycles. The van der Waals surface area contributed by atoms with Crippen LogP contribution in [0.5, 0.6) is 5.75 Å². The summed E-state index contributed by atoms with van der Waals surface area (Å²) in [7, 11) is 1.77. The maximum Gasteiger partial charge on any atom is 0.234 e. The molecule has 1 saturated heterocycles. The van der Waals surface area contributed by atoms with Gasteiger partial charge < -0.3 is 14.8 Å². The first-order chi connectivity index (χ1) is 14.6. The van der Waals surface area contributed by atoms with Crippen molar-refractivity contribution in [3.63, 3.8) is 0 Å². The van der Waals surface area contributed by atoms with Gasteiger partial charge in [0.2, 0.25) is 5.91 Å². The molecule has 0 radical (unpaired) electrons. The molecule has 1 aliphatic rings. The van der Waals surface area contributed by atoms with Crippen molar-refractivity contribution >= 4 is 5.91 Å². The topological polar surface area (TPSA) is 50.8 Å². The fourth-order valence-corrected chi connectivity index (χ4v) is 3.89. The molecule has 0 bridgehead atoms. The summed E-state index contributed by atoms with van der Waals surface area (Å²) in [5.41, 5.74) is 2.16. The normalized spacial score (nSPS) is 19.8. The van der Waals surface area contributed by atoms with Gasteiger partial charge in [0.1, 0.15) is 18.0 Å². The summed E-state index contributed by atoms with van der Waals surface area (Å²) < 4.78 is 12.0. The van der Waals surface area contributed by atoms with Gasteiger partial charge in [0.25, 0.3) is 0 Å². The zero-order valence-electron chi connectivity index (χ0n) is 18.2. The molecule has 2 aromatic carbocycles. The van der Waals surface area contributed by atoms with Crippen molar-refractivity contribution in [3.05, 3.63) is 65.7 Å². The lowest BCUT2D eigenvalue weighted by molar-refractivity contribution is -0.122. The largest absolute Gasteiger partial charge is 0.491 e. The number of likely N-dealkylation sites (tertiary alicyclic amines) is 1. The first kappa shape index (κ1) is 22.3. The molecule has 0 saturated carbocycles. The Morgan fingerprint density at radius 3 is 2.57 bits per heavy atom. The molecule has 1 atom stereocenters. The third-order valence-corrected chi connectivity index (χ3v) is 5.89. The van der Waals surface area contributed by atoms with Crippen molar-refractivity contribution in [2.75, 3.05) is 39.9 Å². The number of methoxy groups -OCH3 is 1. The molecule has 30 heavy (non-hydrogen) atoms. The minimum Gasteiger partial charge on any atom is -0.491 e. The molecule has 0 unspecified atom stereocenters. The van der Waals surface area contributed by atoms with Gasteiger partial charge in [0.15, 0.2) is 0 Å². The lowest BCUT2D eigenvalue weighted by atomic mass is 9.95. The number of ether oxygens (including phenoxy) is 2. The molecule has 5 nitrogen and oxygen atoms in total. The molecule has 0 aliphatic carbocycles. The van der Waals surface area contributed by atoms with Crippen LogP contribution in [0.4, 0.5) is 0 Å². The van der Waals surface area contributed by atoms with Crippen LogP contribution in [-0.2, 0) is 16.0 Å². The average Bonchev–Trinajstić information content (AvgIpc) is 2.97. The van der Waals surface area contributed by atoms with E-state index >= 15 is 0 Å². The summed E-state index contributed by atoms with van der Waals surface area (Å²) in [4.78, 5) is 14.6. The fraction of sp³-hybridized carbons (Fsp3) is 0.480. The first-order valence-electron chi connectivity index (χ1n) is 10.9. The monoisotopic (exact) mass is 410 g/mol. The SMILES string of the molecule is CO[C@]1(COc2ccc(C)cc2)CCCN(CC(=O)NCCc2ccccc2)CC1. The first-order valence-corrected chi connectivity index (χ1v) is 10.9. The van der Waals surface area contributed by atoms with E-state index in [-0.39, 0.29) is 11.5 Å². The highest BCUT2D eigenvalue weighted by Gasteiger charge is 2.34. The van der Waals surface area contributed by atoms with Crippen LogP contribution in [0.15, 0.2) is 54.6 Å². The Kier molecular flexibility index (Phi) is 8.29. The molecule has 2 aromatic rings. The highest BCUT2D eigenvalue weighted by atomic mass is 16.5. The second kappa shape index (κ2) is 11.1. The van der Waals surface area contributed by atoms with E-state index in [1.54, 1.807) is 7.11 Å². The number of amides is 1. The van der Waals surface area contributed by atoms with Crippen LogP contribution >= 0.6 is 0 Å². The van der Waals surface area contributed by atoms with Gasteiger partial charge in [-0.15, -0.1) is 0 Å². The number of nitrogens with zero attached hydrogens (tertiary/aromatic N) is 1. The van der Waals surface area contributed by atoms with E-state index in [4.69, 9.17) is 9.47 Å². The fourth-order valence-electron chi connectivity index (χ4n) is 3.89. The molecular formula is C25H34N2O3. The number of rotatable bonds is 9. The molecule has 1 aliphatic heterocycles. The Bertz CT molecular complexity index is 779. The van der Waals surface area contributed by atoms with E-state index in [1.807, 2.05) is 30.3 Å². The third-order valence-electron chi connectivity index (χ3n) is 5.89. The minimum atomic E-state index is -0.302. The van der Waals surface area contributed by atoms with Crippen LogP contribution in [0.25, 0.3) is 0 Å². The maximum atomic E-state index is 12.4. The van der Waals surface area contributed by atoms with E-state index in [2.05, 4.69) is 41.4 Å². The number of benzene rings is 2. The Morgan fingerprint density at radius 1 is 1.07 bits per heavy atom. The van der Waals surface area contributed by atoms with Crippen molar-refractivity contribution < 1.29 is 14.3 Å². The van der Waals surface area contributed by atoms with Gasteiger partial charge in [0, 0.05) is 20.2 Å². The Morgan fingerprint density at radius 2 is 1.83 bits per heavy atom. The van der Waals surface area contributed by atoms with Crippen molar-refractivity contribution in [1.29, 1.82) is 0 Å². The third kappa shape index (κ3) is 6.85. The molecule has 1 N–H and O–H groups in total. The van der Waals surface area contributed by atoms with E-state index in [1.165, 1.54) is 11.1 Å². The molecule has 162 valence electrons. The van der Waals surface area contributed by atoms with Gasteiger partial charge in [-0.25, -0.2) is 0 Å². The van der Waals surface area contributed by atoms with Gasteiger partial charge in [-0.1, -0.05) is 48.0 Å². The number of carbonyl (C=O) groups is 1. The zero-order chi connectivity index (χ0) is 21.2. The summed E-state index contributed by atoms with van der Waals surface area (Å²) in [6.45, 7) is 5.44. The molecular weight excluding hydrogens is 376 g/mol. The van der Waals surface area contributed by atoms with Crippen molar-refractivity contribution in [2.45, 2.75) is 38.2 Å². The standard InChI is InChI=1S/C25H34N2O3/c1-21-9-11-23(12-10-21)30-20-25(29-2)14-6-17-27(18-15-25)19-24(28)26-16-13-22-7-4-3-5-8-22/h3-5,7-12H,6,13-20H2,1-2H3,(H,26,28)/t25-/m1/s1. The smallest absolute Gasteiger partial charge is 0.234 e. The molecule has 1 fully saturated rings. The highest BCUT2D eigenvalue weighted by Crippen LogP contribution is 2.27. The van der Waals surface area contributed by atoms with Gasteiger partial charge in [0.05, 0.1) is 6.54 Å². The quantitative estimate of drug-likeness (QED) is 0.686. The number of hydrogen-bond acceptors (Lipinski definition) is 4. The number of aryl methyl sites for hydroxylation is 1. The minimum absolute atomic E-state index is 0.0896. The molecule has 0 aromatic heterocycles. The van der Waals surface area contributed by atoms with Crippen LogP contribution in [0.2, 0.25) is 0 Å². The second-order valence-electron chi connectivity index (χ2n) is 8.20. The van der Waals surface area contributed by atoms with Crippen LogP contribution < -0.4 is 10.1 Å². The molecule has 0 spiro atoms. The number of carbonyl (C=O) groups excluding carboxylic acids is 1. The van der Waals surface area contributed by atoms with Crippen LogP contribution in [-0.4, -0.2) is 56.3 Å². The van der Waals surface area contributed by atoms with Crippen LogP contribution in [0, 0.1) is 6.92 Å². The lowest BCUT2D eigenvalue weighted by Crippen LogP contribution is -2.41.